The number of anilines is 1. The SMILES string of the molecule is Cc1cn(C)nc1C(=O)N(CCCN(C)C)c1nc2c(C)ccc(Cl)c2s1. The molecule has 0 aliphatic heterocycles. The minimum absolute atomic E-state index is 0.125. The number of aromatic nitrogens is 3. The van der Waals surface area contributed by atoms with Crippen molar-refractivity contribution in [3.63, 3.8) is 0 Å². The van der Waals surface area contributed by atoms with E-state index >= 15 is 0 Å². The second-order valence-electron chi connectivity index (χ2n) is 6.99. The van der Waals surface area contributed by atoms with Gasteiger partial charge in [-0.3, -0.25) is 14.4 Å². The summed E-state index contributed by atoms with van der Waals surface area (Å²) in [7, 11) is 5.87. The lowest BCUT2D eigenvalue weighted by Crippen LogP contribution is -2.34. The number of halogens is 1. The van der Waals surface area contributed by atoms with E-state index in [1.807, 2.05) is 53.3 Å². The van der Waals surface area contributed by atoms with E-state index in [2.05, 4.69) is 10.00 Å². The highest BCUT2D eigenvalue weighted by atomic mass is 35.5. The summed E-state index contributed by atoms with van der Waals surface area (Å²) in [5, 5.41) is 5.68. The molecule has 0 spiro atoms. The molecule has 0 bridgehead atoms. The van der Waals surface area contributed by atoms with Gasteiger partial charge in [0.25, 0.3) is 5.91 Å². The highest BCUT2D eigenvalue weighted by Crippen LogP contribution is 2.36. The molecule has 0 radical (unpaired) electrons. The second-order valence-corrected chi connectivity index (χ2v) is 8.37. The zero-order chi connectivity index (χ0) is 19.7. The number of benzene rings is 1. The molecule has 0 unspecified atom stereocenters. The van der Waals surface area contributed by atoms with Gasteiger partial charge in [0, 0.05) is 25.4 Å². The third-order valence-electron chi connectivity index (χ3n) is 4.36. The lowest BCUT2D eigenvalue weighted by molar-refractivity contribution is 0.0980. The summed E-state index contributed by atoms with van der Waals surface area (Å²) in [5.41, 5.74) is 3.22. The average Bonchev–Trinajstić information content (AvgIpc) is 3.18. The van der Waals surface area contributed by atoms with Crippen molar-refractivity contribution < 1.29 is 4.79 Å². The van der Waals surface area contributed by atoms with Crippen LogP contribution in [0.3, 0.4) is 0 Å². The molecule has 2 heterocycles. The van der Waals surface area contributed by atoms with E-state index in [1.54, 1.807) is 9.58 Å². The molecular formula is C19H24ClN5OS. The number of thiazole rings is 1. The van der Waals surface area contributed by atoms with Crippen molar-refractivity contribution in [1.29, 1.82) is 0 Å². The molecule has 0 fully saturated rings. The lowest BCUT2D eigenvalue weighted by Gasteiger charge is -2.20. The highest BCUT2D eigenvalue weighted by Gasteiger charge is 2.25. The smallest absolute Gasteiger partial charge is 0.280 e. The predicted octanol–water partition coefficient (Wildman–Crippen LogP) is 3.90. The van der Waals surface area contributed by atoms with Crippen molar-refractivity contribution in [2.24, 2.45) is 7.05 Å². The maximum Gasteiger partial charge on any atom is 0.280 e. The molecular weight excluding hydrogens is 382 g/mol. The fourth-order valence-corrected chi connectivity index (χ4v) is 4.32. The Morgan fingerprint density at radius 2 is 1.96 bits per heavy atom. The van der Waals surface area contributed by atoms with Crippen molar-refractivity contribution in [2.45, 2.75) is 20.3 Å². The molecule has 6 nitrogen and oxygen atoms in total. The zero-order valence-corrected chi connectivity index (χ0v) is 17.9. The van der Waals surface area contributed by atoms with Crippen LogP contribution in [0.1, 0.15) is 28.0 Å². The van der Waals surface area contributed by atoms with Crippen molar-refractivity contribution in [3.05, 3.63) is 40.2 Å². The topological polar surface area (TPSA) is 54.3 Å². The second kappa shape index (κ2) is 7.96. The minimum atomic E-state index is -0.125. The van der Waals surface area contributed by atoms with Gasteiger partial charge in [0.15, 0.2) is 10.8 Å². The Morgan fingerprint density at radius 1 is 1.22 bits per heavy atom. The molecule has 0 atom stereocenters. The molecule has 1 aromatic carbocycles. The normalized spacial score (nSPS) is 11.5. The highest BCUT2D eigenvalue weighted by molar-refractivity contribution is 7.23. The van der Waals surface area contributed by atoms with Crippen LogP contribution < -0.4 is 4.90 Å². The molecule has 0 N–H and O–H groups in total. The first-order chi connectivity index (χ1) is 12.8. The fraction of sp³-hybridized carbons (Fsp3) is 0.421. The summed E-state index contributed by atoms with van der Waals surface area (Å²) in [6.45, 7) is 5.36. The Morgan fingerprint density at radius 3 is 2.56 bits per heavy atom. The summed E-state index contributed by atoms with van der Waals surface area (Å²) < 4.78 is 2.58. The molecule has 27 heavy (non-hydrogen) atoms. The van der Waals surface area contributed by atoms with E-state index in [1.165, 1.54) is 11.3 Å². The van der Waals surface area contributed by atoms with Crippen LogP contribution in [-0.2, 0) is 7.05 Å². The van der Waals surface area contributed by atoms with Crippen LogP contribution in [0, 0.1) is 13.8 Å². The van der Waals surface area contributed by atoms with Gasteiger partial charge in [-0.2, -0.15) is 5.10 Å². The Bertz CT molecular complexity index is 939. The number of rotatable bonds is 6. The number of hydrogen-bond acceptors (Lipinski definition) is 5. The number of nitrogens with zero attached hydrogens (tertiary/aromatic N) is 5. The van der Waals surface area contributed by atoms with Crippen LogP contribution in [-0.4, -0.2) is 52.8 Å². The van der Waals surface area contributed by atoms with Gasteiger partial charge in [0.05, 0.1) is 15.2 Å². The minimum Gasteiger partial charge on any atom is -0.309 e. The number of amides is 1. The standard InChI is InChI=1S/C19H24ClN5OS/c1-12-7-8-14(20)17-15(12)21-19(27-17)25(10-6-9-23(3)4)18(26)16-13(2)11-24(5)22-16/h7-8,11H,6,9-10H2,1-5H3. The first kappa shape index (κ1) is 19.8. The average molecular weight is 406 g/mol. The van der Waals surface area contributed by atoms with Gasteiger partial charge in [-0.15, -0.1) is 0 Å². The van der Waals surface area contributed by atoms with E-state index in [-0.39, 0.29) is 5.91 Å². The molecule has 2 aromatic heterocycles. The van der Waals surface area contributed by atoms with E-state index in [4.69, 9.17) is 16.6 Å². The van der Waals surface area contributed by atoms with Gasteiger partial charge in [0.2, 0.25) is 0 Å². The fourth-order valence-electron chi connectivity index (χ4n) is 2.98. The number of aryl methyl sites for hydroxylation is 3. The maximum absolute atomic E-state index is 13.3. The number of hydrogen-bond donors (Lipinski definition) is 0. The van der Waals surface area contributed by atoms with Crippen molar-refractivity contribution in [2.75, 3.05) is 32.1 Å². The van der Waals surface area contributed by atoms with Gasteiger partial charge >= 0.3 is 0 Å². The van der Waals surface area contributed by atoms with Crippen LogP contribution in [0.25, 0.3) is 10.2 Å². The zero-order valence-electron chi connectivity index (χ0n) is 16.3. The van der Waals surface area contributed by atoms with E-state index in [9.17, 15) is 4.79 Å². The Kier molecular flexibility index (Phi) is 5.83. The van der Waals surface area contributed by atoms with Gasteiger partial charge in [-0.1, -0.05) is 29.0 Å². The summed E-state index contributed by atoms with van der Waals surface area (Å²) in [6, 6.07) is 3.83. The molecule has 1 amide bonds. The van der Waals surface area contributed by atoms with E-state index < -0.39 is 0 Å². The van der Waals surface area contributed by atoms with Crippen molar-refractivity contribution in [1.82, 2.24) is 19.7 Å². The monoisotopic (exact) mass is 405 g/mol. The largest absolute Gasteiger partial charge is 0.309 e. The predicted molar refractivity (Wildman–Crippen MR) is 112 cm³/mol. The number of fused-ring (bicyclic) bond motifs is 1. The molecule has 0 saturated heterocycles. The molecule has 0 saturated carbocycles. The summed E-state index contributed by atoms with van der Waals surface area (Å²) in [6.07, 6.45) is 2.69. The Balaban J connectivity index is 2.01. The molecule has 3 aromatic rings. The molecule has 0 aliphatic rings. The van der Waals surface area contributed by atoms with Crippen LogP contribution in [0.5, 0.6) is 0 Å². The summed E-state index contributed by atoms with van der Waals surface area (Å²) >= 11 is 7.82. The van der Waals surface area contributed by atoms with Crippen molar-refractivity contribution >= 4 is 44.2 Å². The Hall–Kier alpha value is -1.96. The third kappa shape index (κ3) is 4.15. The summed E-state index contributed by atoms with van der Waals surface area (Å²) in [5.74, 6) is -0.125. The molecule has 0 aliphatic carbocycles. The summed E-state index contributed by atoms with van der Waals surface area (Å²) in [4.78, 5) is 21.9. The number of carbonyl (C=O) groups is 1. The molecule has 3 rings (SSSR count). The first-order valence-corrected chi connectivity index (χ1v) is 10.00. The van der Waals surface area contributed by atoms with Crippen LogP contribution >= 0.6 is 22.9 Å². The lowest BCUT2D eigenvalue weighted by atomic mass is 10.2. The van der Waals surface area contributed by atoms with Crippen LogP contribution in [0.15, 0.2) is 18.3 Å². The van der Waals surface area contributed by atoms with E-state index in [0.29, 0.717) is 22.4 Å². The van der Waals surface area contributed by atoms with Crippen LogP contribution in [0.2, 0.25) is 5.02 Å². The Labute approximate surface area is 168 Å². The number of carbonyl (C=O) groups excluding carboxylic acids is 1. The van der Waals surface area contributed by atoms with Gasteiger partial charge in [-0.05, 0) is 52.5 Å². The van der Waals surface area contributed by atoms with Gasteiger partial charge < -0.3 is 4.90 Å². The molecule has 144 valence electrons. The third-order valence-corrected chi connectivity index (χ3v) is 5.90. The first-order valence-electron chi connectivity index (χ1n) is 8.80. The van der Waals surface area contributed by atoms with E-state index in [0.717, 1.165) is 34.3 Å². The molecule has 8 heteroatoms. The quantitative estimate of drug-likeness (QED) is 0.624. The maximum atomic E-state index is 13.3. The van der Waals surface area contributed by atoms with Gasteiger partial charge in [-0.25, -0.2) is 4.98 Å². The van der Waals surface area contributed by atoms with Crippen LogP contribution in [0.4, 0.5) is 5.13 Å². The van der Waals surface area contributed by atoms with Crippen molar-refractivity contribution in [3.8, 4) is 0 Å². The van der Waals surface area contributed by atoms with Gasteiger partial charge in [0.1, 0.15) is 0 Å².